The molecule has 2 aromatic rings. The Hall–Kier alpha value is -2.58. The maximum Gasteiger partial charge on any atom is 0.271 e. The van der Waals surface area contributed by atoms with E-state index in [1.54, 1.807) is 19.1 Å². The first kappa shape index (κ1) is 16.8. The van der Waals surface area contributed by atoms with Crippen LogP contribution in [0.4, 0.5) is 11.4 Å². The Morgan fingerprint density at radius 3 is 2.83 bits per heavy atom. The average Bonchev–Trinajstić information content (AvgIpc) is 3.00. The lowest BCUT2D eigenvalue weighted by molar-refractivity contribution is -0.384. The summed E-state index contributed by atoms with van der Waals surface area (Å²) >= 11 is 6.56. The predicted molar refractivity (Wildman–Crippen MR) is 95.5 cm³/mol. The number of nitro benzene ring substituents is 1. The third-order valence-electron chi connectivity index (χ3n) is 2.86. The number of aryl methyl sites for hydroxylation is 1. The van der Waals surface area contributed by atoms with Crippen LogP contribution in [0.1, 0.15) is 10.4 Å². The van der Waals surface area contributed by atoms with Crippen LogP contribution in [0.25, 0.3) is 6.08 Å². The molecule has 0 radical (unpaired) electrons. The fourth-order valence-electron chi connectivity index (χ4n) is 1.71. The van der Waals surface area contributed by atoms with Crippen molar-refractivity contribution in [3.05, 3.63) is 62.3 Å². The van der Waals surface area contributed by atoms with Crippen molar-refractivity contribution < 1.29 is 9.72 Å². The van der Waals surface area contributed by atoms with Crippen molar-refractivity contribution in [3.63, 3.8) is 0 Å². The number of rotatable bonds is 4. The standard InChI is InChI=1S/C15H13N3O3S2/c1-10-4-5-11(18(20)21)9-13(10)16-15(22)17-14(19)7-6-12-3-2-8-23-12/h2-9H,1H3,(H2,16,17,19,22)/b7-6+. The van der Waals surface area contributed by atoms with Crippen LogP contribution in [0.3, 0.4) is 0 Å². The third kappa shape index (κ3) is 4.97. The molecule has 0 fully saturated rings. The van der Waals surface area contributed by atoms with Crippen molar-refractivity contribution in [2.24, 2.45) is 0 Å². The van der Waals surface area contributed by atoms with E-state index in [1.807, 2.05) is 17.5 Å². The number of non-ortho nitro benzene ring substituents is 1. The SMILES string of the molecule is Cc1ccc([N+](=O)[O-])cc1NC(=S)NC(=O)/C=C/c1cccs1. The van der Waals surface area contributed by atoms with E-state index in [4.69, 9.17) is 12.2 Å². The van der Waals surface area contributed by atoms with E-state index in [9.17, 15) is 14.9 Å². The topological polar surface area (TPSA) is 84.3 Å². The molecule has 8 heteroatoms. The van der Waals surface area contributed by atoms with E-state index < -0.39 is 4.92 Å². The molecule has 2 N–H and O–H groups in total. The van der Waals surface area contributed by atoms with E-state index in [2.05, 4.69) is 10.6 Å². The van der Waals surface area contributed by atoms with Crippen LogP contribution in [0, 0.1) is 17.0 Å². The van der Waals surface area contributed by atoms with E-state index in [0.29, 0.717) is 5.69 Å². The second-order valence-electron chi connectivity index (χ2n) is 4.55. The van der Waals surface area contributed by atoms with Gasteiger partial charge in [-0.2, -0.15) is 0 Å². The van der Waals surface area contributed by atoms with Gasteiger partial charge in [0.2, 0.25) is 5.91 Å². The summed E-state index contributed by atoms with van der Waals surface area (Å²) in [4.78, 5) is 23.0. The number of thiocarbonyl (C=S) groups is 1. The Morgan fingerprint density at radius 1 is 1.39 bits per heavy atom. The summed E-state index contributed by atoms with van der Waals surface area (Å²) in [6.45, 7) is 1.78. The van der Waals surface area contributed by atoms with E-state index in [1.165, 1.54) is 29.5 Å². The fourth-order valence-corrected chi connectivity index (χ4v) is 2.54. The Bertz CT molecular complexity index is 770. The van der Waals surface area contributed by atoms with Crippen molar-refractivity contribution in [2.75, 3.05) is 5.32 Å². The summed E-state index contributed by atoms with van der Waals surface area (Å²) in [5, 5.41) is 18.1. The Balaban J connectivity index is 1.98. The molecule has 23 heavy (non-hydrogen) atoms. The Morgan fingerprint density at radius 2 is 2.17 bits per heavy atom. The van der Waals surface area contributed by atoms with Crippen LogP contribution in [-0.2, 0) is 4.79 Å². The van der Waals surface area contributed by atoms with E-state index in [0.717, 1.165) is 10.4 Å². The molecule has 2 rings (SSSR count). The minimum Gasteiger partial charge on any atom is -0.332 e. The van der Waals surface area contributed by atoms with Crippen LogP contribution in [0.15, 0.2) is 41.8 Å². The molecule has 0 saturated carbocycles. The lowest BCUT2D eigenvalue weighted by Gasteiger charge is -2.10. The second-order valence-corrected chi connectivity index (χ2v) is 5.94. The minimum atomic E-state index is -0.490. The molecule has 0 aliphatic heterocycles. The van der Waals surface area contributed by atoms with Gasteiger partial charge in [-0.25, -0.2) is 0 Å². The van der Waals surface area contributed by atoms with Gasteiger partial charge in [0, 0.05) is 28.8 Å². The molecule has 1 aromatic carbocycles. The van der Waals surface area contributed by atoms with Gasteiger partial charge in [-0.3, -0.25) is 20.2 Å². The van der Waals surface area contributed by atoms with Crippen LogP contribution in [0.5, 0.6) is 0 Å². The van der Waals surface area contributed by atoms with Crippen molar-refractivity contribution in [2.45, 2.75) is 6.92 Å². The average molecular weight is 347 g/mol. The summed E-state index contributed by atoms with van der Waals surface area (Å²) in [6, 6.07) is 8.17. The molecule has 0 aliphatic carbocycles. The lowest BCUT2D eigenvalue weighted by Crippen LogP contribution is -2.33. The number of carbonyl (C=O) groups is 1. The number of amides is 1. The first-order chi connectivity index (χ1) is 11.0. The highest BCUT2D eigenvalue weighted by atomic mass is 32.1. The van der Waals surface area contributed by atoms with E-state index in [-0.39, 0.29) is 16.7 Å². The van der Waals surface area contributed by atoms with Gasteiger partial charge in [-0.1, -0.05) is 12.1 Å². The normalized spacial score (nSPS) is 10.5. The lowest BCUT2D eigenvalue weighted by atomic mass is 10.2. The van der Waals surface area contributed by atoms with Gasteiger partial charge in [0.15, 0.2) is 5.11 Å². The third-order valence-corrected chi connectivity index (χ3v) is 3.90. The number of hydrogen-bond donors (Lipinski definition) is 2. The summed E-state index contributed by atoms with van der Waals surface area (Å²) in [5.74, 6) is -0.376. The molecule has 0 unspecified atom stereocenters. The Labute approximate surface area is 142 Å². The van der Waals surface area contributed by atoms with Gasteiger partial charge in [-0.05, 0) is 42.2 Å². The molecule has 0 aliphatic rings. The molecule has 0 spiro atoms. The van der Waals surface area contributed by atoms with Gasteiger partial charge in [0.25, 0.3) is 5.69 Å². The van der Waals surface area contributed by atoms with Gasteiger partial charge >= 0.3 is 0 Å². The summed E-state index contributed by atoms with van der Waals surface area (Å²) in [5.41, 5.74) is 1.21. The van der Waals surface area contributed by atoms with Crippen molar-refractivity contribution in [3.8, 4) is 0 Å². The number of anilines is 1. The first-order valence-electron chi connectivity index (χ1n) is 6.54. The number of nitro groups is 1. The number of carbonyl (C=O) groups excluding carboxylic acids is 1. The van der Waals surface area contributed by atoms with Crippen LogP contribution in [-0.4, -0.2) is 15.9 Å². The highest BCUT2D eigenvalue weighted by molar-refractivity contribution is 7.80. The number of thiophene rings is 1. The summed E-state index contributed by atoms with van der Waals surface area (Å²) in [6.07, 6.45) is 3.06. The number of nitrogens with zero attached hydrogens (tertiary/aromatic N) is 1. The maximum atomic E-state index is 11.8. The zero-order valence-electron chi connectivity index (χ0n) is 12.1. The van der Waals surface area contributed by atoms with Crippen LogP contribution in [0.2, 0.25) is 0 Å². The minimum absolute atomic E-state index is 0.0511. The van der Waals surface area contributed by atoms with Crippen molar-refractivity contribution in [1.29, 1.82) is 0 Å². The molecule has 6 nitrogen and oxygen atoms in total. The molecule has 0 bridgehead atoms. The molecular formula is C15H13N3O3S2. The highest BCUT2D eigenvalue weighted by Crippen LogP contribution is 2.21. The molecule has 118 valence electrons. The van der Waals surface area contributed by atoms with Crippen LogP contribution < -0.4 is 10.6 Å². The van der Waals surface area contributed by atoms with Crippen molar-refractivity contribution >= 4 is 52.0 Å². The van der Waals surface area contributed by atoms with Gasteiger partial charge in [0.05, 0.1) is 4.92 Å². The van der Waals surface area contributed by atoms with Gasteiger partial charge < -0.3 is 5.32 Å². The quantitative estimate of drug-likeness (QED) is 0.383. The number of benzene rings is 1. The molecule has 1 amide bonds. The van der Waals surface area contributed by atoms with Crippen molar-refractivity contribution in [1.82, 2.24) is 5.32 Å². The smallest absolute Gasteiger partial charge is 0.271 e. The Kier molecular flexibility index (Phi) is 5.56. The monoisotopic (exact) mass is 347 g/mol. The summed E-state index contributed by atoms with van der Waals surface area (Å²) < 4.78 is 0. The zero-order valence-corrected chi connectivity index (χ0v) is 13.7. The first-order valence-corrected chi connectivity index (χ1v) is 7.83. The van der Waals surface area contributed by atoms with Gasteiger partial charge in [0.1, 0.15) is 0 Å². The highest BCUT2D eigenvalue weighted by Gasteiger charge is 2.10. The largest absolute Gasteiger partial charge is 0.332 e. The second kappa shape index (κ2) is 7.61. The molecular weight excluding hydrogens is 334 g/mol. The molecule has 1 aromatic heterocycles. The maximum absolute atomic E-state index is 11.8. The summed E-state index contributed by atoms with van der Waals surface area (Å²) in [7, 11) is 0. The predicted octanol–water partition coefficient (Wildman–Crippen LogP) is 3.49. The molecule has 0 atom stereocenters. The van der Waals surface area contributed by atoms with Gasteiger partial charge in [-0.15, -0.1) is 11.3 Å². The molecule has 1 heterocycles. The molecule has 0 saturated heterocycles. The number of nitrogens with one attached hydrogen (secondary N) is 2. The fraction of sp³-hybridized carbons (Fsp3) is 0.0667. The number of hydrogen-bond acceptors (Lipinski definition) is 5. The zero-order chi connectivity index (χ0) is 16.8. The van der Waals surface area contributed by atoms with E-state index >= 15 is 0 Å². The van der Waals surface area contributed by atoms with Crippen LogP contribution >= 0.6 is 23.6 Å².